The van der Waals surface area contributed by atoms with E-state index in [0.717, 1.165) is 13.1 Å². The molecule has 0 radical (unpaired) electrons. The first-order chi connectivity index (χ1) is 12.5. The number of halogens is 1. The summed E-state index contributed by atoms with van der Waals surface area (Å²) in [5, 5.41) is 14.4. The quantitative estimate of drug-likeness (QED) is 0.598. The number of hydrazone groups is 1. The normalized spacial score (nSPS) is 14.7. The maximum absolute atomic E-state index is 9.82. The van der Waals surface area contributed by atoms with E-state index in [2.05, 4.69) is 25.5 Å². The van der Waals surface area contributed by atoms with Crippen molar-refractivity contribution < 1.29 is 9.84 Å². The molecule has 0 bridgehead atoms. The maximum atomic E-state index is 9.82. The third-order valence-electron chi connectivity index (χ3n) is 3.66. The van der Waals surface area contributed by atoms with Gasteiger partial charge in [0.15, 0.2) is 0 Å². The minimum atomic E-state index is 0.0820. The van der Waals surface area contributed by atoms with Crippen LogP contribution in [0.5, 0.6) is 5.75 Å². The van der Waals surface area contributed by atoms with Gasteiger partial charge in [0, 0.05) is 37.8 Å². The Hall–Kier alpha value is -2.65. The van der Waals surface area contributed by atoms with Crippen molar-refractivity contribution in [3.63, 3.8) is 0 Å². The zero-order valence-corrected chi connectivity index (χ0v) is 15.3. The van der Waals surface area contributed by atoms with E-state index in [9.17, 15) is 5.11 Å². The van der Waals surface area contributed by atoms with Gasteiger partial charge in [-0.05, 0) is 18.2 Å². The van der Waals surface area contributed by atoms with Crippen LogP contribution in [0.4, 0.5) is 17.8 Å². The second kappa shape index (κ2) is 8.15. The Bertz CT molecular complexity index is 794. The lowest BCUT2D eigenvalue weighted by Gasteiger charge is -2.27. The van der Waals surface area contributed by atoms with Crippen molar-refractivity contribution in [3.05, 3.63) is 28.8 Å². The number of phenolic OH excluding ortho intramolecular Hbond substituents is 1. The number of hydrogen-bond acceptors (Lipinski definition) is 9. The predicted molar refractivity (Wildman–Crippen MR) is 102 cm³/mol. The molecule has 1 aromatic carbocycles. The van der Waals surface area contributed by atoms with E-state index >= 15 is 0 Å². The SMILES string of the molecule is CN(C)c1nc(N/N=C/c2cc(Cl)ccc2O)nc(N2CCOCC2)n1. The Morgan fingerprint density at radius 3 is 2.77 bits per heavy atom. The minimum absolute atomic E-state index is 0.0820. The summed E-state index contributed by atoms with van der Waals surface area (Å²) in [7, 11) is 3.71. The topological polar surface area (TPSA) is 99.0 Å². The molecule has 0 saturated carbocycles. The van der Waals surface area contributed by atoms with Gasteiger partial charge in [0.25, 0.3) is 0 Å². The Balaban J connectivity index is 1.80. The molecule has 26 heavy (non-hydrogen) atoms. The van der Waals surface area contributed by atoms with Gasteiger partial charge in [-0.25, -0.2) is 5.43 Å². The molecule has 2 aromatic rings. The van der Waals surface area contributed by atoms with Crippen LogP contribution in [0.15, 0.2) is 23.3 Å². The molecule has 0 spiro atoms. The van der Waals surface area contributed by atoms with Crippen molar-refractivity contribution in [2.45, 2.75) is 0 Å². The van der Waals surface area contributed by atoms with Crippen LogP contribution in [0, 0.1) is 0 Å². The fourth-order valence-corrected chi connectivity index (χ4v) is 2.48. The molecule has 1 saturated heterocycles. The number of phenols is 1. The molecule has 0 aliphatic carbocycles. The number of aromatic hydroxyl groups is 1. The molecule has 2 N–H and O–H groups in total. The van der Waals surface area contributed by atoms with Gasteiger partial charge in [0.05, 0.1) is 19.4 Å². The van der Waals surface area contributed by atoms with Crippen molar-refractivity contribution in [1.29, 1.82) is 0 Å². The molecule has 0 unspecified atom stereocenters. The van der Waals surface area contributed by atoms with E-state index in [4.69, 9.17) is 16.3 Å². The highest BCUT2D eigenvalue weighted by atomic mass is 35.5. The van der Waals surface area contributed by atoms with E-state index in [1.165, 1.54) is 12.3 Å². The number of ether oxygens (including phenoxy) is 1. The van der Waals surface area contributed by atoms with Crippen molar-refractivity contribution >= 4 is 35.7 Å². The molecule has 0 atom stereocenters. The average molecular weight is 378 g/mol. The summed E-state index contributed by atoms with van der Waals surface area (Å²) < 4.78 is 5.37. The molecule has 9 nitrogen and oxygen atoms in total. The standard InChI is InChI=1S/C16H20ClN7O2/c1-23(2)15-19-14(20-16(21-15)24-5-7-26-8-6-24)22-18-10-11-9-12(17)3-4-13(11)25/h3-4,9-10,25H,5-8H2,1-2H3,(H,19,20,21,22)/b18-10+. The smallest absolute Gasteiger partial charge is 0.250 e. The van der Waals surface area contributed by atoms with E-state index in [-0.39, 0.29) is 5.75 Å². The number of anilines is 3. The van der Waals surface area contributed by atoms with Gasteiger partial charge in [0.2, 0.25) is 17.8 Å². The molecular weight excluding hydrogens is 358 g/mol. The number of nitrogens with one attached hydrogen (secondary N) is 1. The van der Waals surface area contributed by atoms with Crippen LogP contribution in [-0.2, 0) is 4.74 Å². The largest absolute Gasteiger partial charge is 0.507 e. The zero-order chi connectivity index (χ0) is 18.5. The summed E-state index contributed by atoms with van der Waals surface area (Å²) in [6.45, 7) is 2.71. The van der Waals surface area contributed by atoms with Gasteiger partial charge in [-0.15, -0.1) is 0 Å². The average Bonchev–Trinajstić information content (AvgIpc) is 2.65. The molecule has 2 heterocycles. The van der Waals surface area contributed by atoms with E-state index in [1.54, 1.807) is 17.0 Å². The van der Waals surface area contributed by atoms with Gasteiger partial charge in [-0.2, -0.15) is 20.1 Å². The molecule has 138 valence electrons. The zero-order valence-electron chi connectivity index (χ0n) is 14.6. The molecule has 1 aliphatic rings. The van der Waals surface area contributed by atoms with E-state index in [0.29, 0.717) is 41.6 Å². The summed E-state index contributed by atoms with van der Waals surface area (Å²) >= 11 is 5.93. The highest BCUT2D eigenvalue weighted by Gasteiger charge is 2.17. The highest BCUT2D eigenvalue weighted by molar-refractivity contribution is 6.30. The van der Waals surface area contributed by atoms with Crippen LogP contribution >= 0.6 is 11.6 Å². The molecule has 1 fully saturated rings. The Morgan fingerprint density at radius 1 is 1.27 bits per heavy atom. The molecule has 10 heteroatoms. The fourth-order valence-electron chi connectivity index (χ4n) is 2.30. The fraction of sp³-hybridized carbons (Fsp3) is 0.375. The number of rotatable bonds is 5. The monoisotopic (exact) mass is 377 g/mol. The number of aromatic nitrogens is 3. The first-order valence-corrected chi connectivity index (χ1v) is 8.44. The number of benzene rings is 1. The van der Waals surface area contributed by atoms with Crippen LogP contribution < -0.4 is 15.2 Å². The van der Waals surface area contributed by atoms with Crippen LogP contribution in [-0.4, -0.2) is 66.7 Å². The second-order valence-electron chi connectivity index (χ2n) is 5.83. The molecule has 3 rings (SSSR count). The molecule has 1 aromatic heterocycles. The highest BCUT2D eigenvalue weighted by Crippen LogP contribution is 2.20. The first kappa shape index (κ1) is 18.2. The van der Waals surface area contributed by atoms with Crippen LogP contribution in [0.25, 0.3) is 0 Å². The first-order valence-electron chi connectivity index (χ1n) is 8.06. The molecule has 1 aliphatic heterocycles. The van der Waals surface area contributed by atoms with Gasteiger partial charge < -0.3 is 19.6 Å². The van der Waals surface area contributed by atoms with Crippen molar-refractivity contribution in [2.24, 2.45) is 5.10 Å². The third kappa shape index (κ3) is 4.50. The summed E-state index contributed by atoms with van der Waals surface area (Å²) in [5.41, 5.74) is 3.27. The van der Waals surface area contributed by atoms with Crippen molar-refractivity contribution in [2.75, 3.05) is 55.6 Å². The number of nitrogens with zero attached hydrogens (tertiary/aromatic N) is 6. The van der Waals surface area contributed by atoms with E-state index < -0.39 is 0 Å². The summed E-state index contributed by atoms with van der Waals surface area (Å²) in [4.78, 5) is 17.1. The summed E-state index contributed by atoms with van der Waals surface area (Å²) in [6, 6.07) is 4.72. The number of morpholine rings is 1. The maximum Gasteiger partial charge on any atom is 0.250 e. The van der Waals surface area contributed by atoms with Gasteiger partial charge >= 0.3 is 0 Å². The third-order valence-corrected chi connectivity index (χ3v) is 3.90. The van der Waals surface area contributed by atoms with Gasteiger partial charge in [-0.1, -0.05) is 11.6 Å². The van der Waals surface area contributed by atoms with Crippen molar-refractivity contribution in [3.8, 4) is 5.75 Å². The van der Waals surface area contributed by atoms with Crippen LogP contribution in [0.3, 0.4) is 0 Å². The molecular formula is C16H20ClN7O2. The van der Waals surface area contributed by atoms with Gasteiger partial charge in [-0.3, -0.25) is 0 Å². The van der Waals surface area contributed by atoms with Crippen LogP contribution in [0.2, 0.25) is 5.02 Å². The minimum Gasteiger partial charge on any atom is -0.507 e. The lowest BCUT2D eigenvalue weighted by Crippen LogP contribution is -2.37. The second-order valence-corrected chi connectivity index (χ2v) is 6.26. The Labute approximate surface area is 156 Å². The van der Waals surface area contributed by atoms with Crippen molar-refractivity contribution in [1.82, 2.24) is 15.0 Å². The Kier molecular flexibility index (Phi) is 5.69. The summed E-state index contributed by atoms with van der Waals surface area (Å²) in [6.07, 6.45) is 1.45. The lowest BCUT2D eigenvalue weighted by molar-refractivity contribution is 0.122. The van der Waals surface area contributed by atoms with E-state index in [1.807, 2.05) is 19.0 Å². The number of hydrogen-bond donors (Lipinski definition) is 2. The Morgan fingerprint density at radius 2 is 2.04 bits per heavy atom. The predicted octanol–water partition coefficient (Wildman–Crippen LogP) is 1.58. The molecule has 0 amide bonds. The van der Waals surface area contributed by atoms with Gasteiger partial charge in [0.1, 0.15) is 5.75 Å². The summed E-state index contributed by atoms with van der Waals surface area (Å²) in [5.74, 6) is 1.47. The van der Waals surface area contributed by atoms with Crippen LogP contribution in [0.1, 0.15) is 5.56 Å². The lowest BCUT2D eigenvalue weighted by atomic mass is 10.2.